The molecular formula is C10H13BrN2. The SMILES string of the molecule is C=C(CBr)c1n[nH]c2c1CCCC2. The summed E-state index contributed by atoms with van der Waals surface area (Å²) >= 11 is 3.41. The molecule has 0 unspecified atom stereocenters. The van der Waals surface area contributed by atoms with Crippen LogP contribution < -0.4 is 0 Å². The summed E-state index contributed by atoms with van der Waals surface area (Å²) in [5, 5.41) is 8.23. The quantitative estimate of drug-likeness (QED) is 0.792. The van der Waals surface area contributed by atoms with Gasteiger partial charge in [0, 0.05) is 16.6 Å². The number of hydrogen-bond donors (Lipinski definition) is 1. The van der Waals surface area contributed by atoms with Gasteiger partial charge in [-0.3, -0.25) is 5.10 Å². The second-order valence-corrected chi connectivity index (χ2v) is 4.03. The number of rotatable bonds is 2. The predicted molar refractivity (Wildman–Crippen MR) is 58.1 cm³/mol. The van der Waals surface area contributed by atoms with Crippen LogP contribution in [0.2, 0.25) is 0 Å². The molecule has 0 amide bonds. The van der Waals surface area contributed by atoms with E-state index in [2.05, 4.69) is 32.7 Å². The maximum atomic E-state index is 4.31. The molecule has 13 heavy (non-hydrogen) atoms. The molecule has 0 aliphatic heterocycles. The van der Waals surface area contributed by atoms with E-state index >= 15 is 0 Å². The lowest BCUT2D eigenvalue weighted by Gasteiger charge is -2.11. The molecule has 1 aromatic heterocycles. The van der Waals surface area contributed by atoms with E-state index in [0.717, 1.165) is 29.4 Å². The van der Waals surface area contributed by atoms with Gasteiger partial charge >= 0.3 is 0 Å². The van der Waals surface area contributed by atoms with E-state index < -0.39 is 0 Å². The Morgan fingerprint density at radius 3 is 3.00 bits per heavy atom. The van der Waals surface area contributed by atoms with E-state index in [1.807, 2.05) is 0 Å². The van der Waals surface area contributed by atoms with Gasteiger partial charge in [-0.15, -0.1) is 0 Å². The first-order valence-corrected chi connectivity index (χ1v) is 5.75. The molecule has 0 radical (unpaired) electrons. The monoisotopic (exact) mass is 240 g/mol. The van der Waals surface area contributed by atoms with Crippen molar-refractivity contribution in [2.24, 2.45) is 0 Å². The number of halogens is 1. The number of alkyl halides is 1. The van der Waals surface area contributed by atoms with E-state index in [9.17, 15) is 0 Å². The van der Waals surface area contributed by atoms with Gasteiger partial charge < -0.3 is 0 Å². The Hall–Kier alpha value is -0.570. The predicted octanol–water partition coefficient (Wildman–Crippen LogP) is 2.70. The molecular weight excluding hydrogens is 228 g/mol. The van der Waals surface area contributed by atoms with Crippen molar-refractivity contribution in [2.45, 2.75) is 25.7 Å². The molecule has 2 nitrogen and oxygen atoms in total. The van der Waals surface area contributed by atoms with Crippen LogP contribution in [0, 0.1) is 0 Å². The molecule has 0 spiro atoms. The molecule has 1 aliphatic carbocycles. The third-order valence-corrected chi connectivity index (χ3v) is 3.23. The van der Waals surface area contributed by atoms with Gasteiger partial charge in [0.25, 0.3) is 0 Å². The van der Waals surface area contributed by atoms with Crippen LogP contribution in [0.15, 0.2) is 6.58 Å². The van der Waals surface area contributed by atoms with Crippen LogP contribution in [-0.4, -0.2) is 15.5 Å². The van der Waals surface area contributed by atoms with Gasteiger partial charge in [0.05, 0.1) is 5.69 Å². The molecule has 2 rings (SSSR count). The van der Waals surface area contributed by atoms with Gasteiger partial charge in [0.15, 0.2) is 0 Å². The Kier molecular flexibility index (Phi) is 2.54. The van der Waals surface area contributed by atoms with Gasteiger partial charge in [-0.05, 0) is 31.3 Å². The lowest BCUT2D eigenvalue weighted by Crippen LogP contribution is -2.02. The summed E-state index contributed by atoms with van der Waals surface area (Å²) in [4.78, 5) is 0. The highest BCUT2D eigenvalue weighted by Gasteiger charge is 2.17. The summed E-state index contributed by atoms with van der Waals surface area (Å²) in [6.45, 7) is 3.99. The number of aromatic nitrogens is 2. The first-order valence-electron chi connectivity index (χ1n) is 4.63. The minimum atomic E-state index is 0.810. The first-order chi connectivity index (χ1) is 6.33. The molecule has 0 fully saturated rings. The number of fused-ring (bicyclic) bond motifs is 1. The van der Waals surface area contributed by atoms with Crippen LogP contribution in [0.1, 0.15) is 29.8 Å². The minimum Gasteiger partial charge on any atom is -0.282 e. The lowest BCUT2D eigenvalue weighted by molar-refractivity contribution is 0.674. The molecule has 0 aromatic carbocycles. The van der Waals surface area contributed by atoms with Gasteiger partial charge in [-0.2, -0.15) is 5.10 Å². The standard InChI is InChI=1S/C10H13BrN2/c1-7(6-11)10-8-4-2-3-5-9(8)12-13-10/h1-6H2,(H,12,13). The molecule has 1 N–H and O–H groups in total. The Bertz CT molecular complexity index is 328. The first kappa shape index (κ1) is 9.00. The fourth-order valence-electron chi connectivity index (χ4n) is 1.84. The van der Waals surface area contributed by atoms with Crippen molar-refractivity contribution in [3.63, 3.8) is 0 Å². The van der Waals surface area contributed by atoms with Crippen LogP contribution in [0.25, 0.3) is 5.57 Å². The Labute approximate surface area is 86.6 Å². The summed E-state index contributed by atoms with van der Waals surface area (Å²) in [7, 11) is 0. The highest BCUT2D eigenvalue weighted by molar-refractivity contribution is 9.09. The largest absolute Gasteiger partial charge is 0.282 e. The van der Waals surface area contributed by atoms with Crippen molar-refractivity contribution in [3.05, 3.63) is 23.5 Å². The van der Waals surface area contributed by atoms with Gasteiger partial charge in [-0.25, -0.2) is 0 Å². The number of aromatic amines is 1. The van der Waals surface area contributed by atoms with Crippen molar-refractivity contribution in [3.8, 4) is 0 Å². The van der Waals surface area contributed by atoms with Gasteiger partial charge in [0.2, 0.25) is 0 Å². The second-order valence-electron chi connectivity index (χ2n) is 3.47. The number of nitrogens with one attached hydrogen (secondary N) is 1. The third-order valence-electron chi connectivity index (χ3n) is 2.55. The summed E-state index contributed by atoms with van der Waals surface area (Å²) < 4.78 is 0. The molecule has 0 atom stereocenters. The van der Waals surface area contributed by atoms with Crippen molar-refractivity contribution in [2.75, 3.05) is 5.33 Å². The third kappa shape index (κ3) is 1.57. The lowest BCUT2D eigenvalue weighted by atomic mass is 9.94. The molecule has 0 saturated carbocycles. The zero-order valence-corrected chi connectivity index (χ0v) is 9.15. The fraction of sp³-hybridized carbons (Fsp3) is 0.500. The average molecular weight is 241 g/mol. The maximum absolute atomic E-state index is 4.31. The molecule has 0 bridgehead atoms. The van der Waals surface area contributed by atoms with Crippen molar-refractivity contribution in [1.29, 1.82) is 0 Å². The number of hydrogen-bond acceptors (Lipinski definition) is 1. The van der Waals surface area contributed by atoms with E-state index in [1.54, 1.807) is 0 Å². The van der Waals surface area contributed by atoms with Crippen LogP contribution in [0.4, 0.5) is 0 Å². The zero-order valence-electron chi connectivity index (χ0n) is 7.57. The molecule has 1 heterocycles. The van der Waals surface area contributed by atoms with E-state index in [-0.39, 0.29) is 0 Å². The molecule has 1 aliphatic rings. The van der Waals surface area contributed by atoms with Crippen LogP contribution in [0.5, 0.6) is 0 Å². The van der Waals surface area contributed by atoms with Gasteiger partial charge in [0.1, 0.15) is 0 Å². The van der Waals surface area contributed by atoms with Crippen LogP contribution in [-0.2, 0) is 12.8 Å². The van der Waals surface area contributed by atoms with Gasteiger partial charge in [-0.1, -0.05) is 22.5 Å². The number of aryl methyl sites for hydroxylation is 1. The Morgan fingerprint density at radius 1 is 1.46 bits per heavy atom. The number of H-pyrrole nitrogens is 1. The number of nitrogens with zero attached hydrogens (tertiary/aromatic N) is 1. The van der Waals surface area contributed by atoms with E-state index in [0.29, 0.717) is 0 Å². The Balaban J connectivity index is 2.36. The zero-order chi connectivity index (χ0) is 9.26. The van der Waals surface area contributed by atoms with E-state index in [1.165, 1.54) is 24.1 Å². The van der Waals surface area contributed by atoms with Crippen molar-refractivity contribution in [1.82, 2.24) is 10.2 Å². The smallest absolute Gasteiger partial charge is 0.0917 e. The fourth-order valence-corrected chi connectivity index (χ4v) is 2.10. The maximum Gasteiger partial charge on any atom is 0.0917 e. The summed E-state index contributed by atoms with van der Waals surface area (Å²) in [5.41, 5.74) is 4.89. The normalized spacial score (nSPS) is 15.5. The molecule has 0 saturated heterocycles. The number of allylic oxidation sites excluding steroid dienone is 1. The molecule has 3 heteroatoms. The minimum absolute atomic E-state index is 0.810. The van der Waals surface area contributed by atoms with Crippen LogP contribution in [0.3, 0.4) is 0 Å². The summed E-state index contributed by atoms with van der Waals surface area (Å²) in [6, 6.07) is 0. The topological polar surface area (TPSA) is 28.7 Å². The van der Waals surface area contributed by atoms with Crippen molar-refractivity contribution >= 4 is 21.5 Å². The average Bonchev–Trinajstić information content (AvgIpc) is 2.60. The van der Waals surface area contributed by atoms with Crippen molar-refractivity contribution < 1.29 is 0 Å². The molecule has 70 valence electrons. The molecule has 1 aromatic rings. The van der Waals surface area contributed by atoms with E-state index in [4.69, 9.17) is 0 Å². The second kappa shape index (κ2) is 3.66. The highest BCUT2D eigenvalue weighted by atomic mass is 79.9. The summed E-state index contributed by atoms with van der Waals surface area (Å²) in [5.74, 6) is 0. The highest BCUT2D eigenvalue weighted by Crippen LogP contribution is 2.26. The Morgan fingerprint density at radius 2 is 2.23 bits per heavy atom. The summed E-state index contributed by atoms with van der Waals surface area (Å²) in [6.07, 6.45) is 4.88. The van der Waals surface area contributed by atoms with Crippen LogP contribution >= 0.6 is 15.9 Å².